The van der Waals surface area contributed by atoms with E-state index in [1.165, 1.54) is 0 Å². The number of hydrogen-bond donors (Lipinski definition) is 2. The molecule has 2 N–H and O–H groups in total. The van der Waals surface area contributed by atoms with Crippen molar-refractivity contribution in [2.45, 2.75) is 39.0 Å². The van der Waals surface area contributed by atoms with Crippen molar-refractivity contribution in [1.29, 1.82) is 0 Å². The molecule has 0 aromatic carbocycles. The topological polar surface area (TPSA) is 49.9 Å². The predicted molar refractivity (Wildman–Crippen MR) is 58.4 cm³/mol. The number of ether oxygens (including phenoxy) is 1. The summed E-state index contributed by atoms with van der Waals surface area (Å²) in [6.07, 6.45) is 3.26. The summed E-state index contributed by atoms with van der Waals surface area (Å²) in [5, 5.41) is 10.4. The number of H-pyrrole nitrogens is 1. The van der Waals surface area contributed by atoms with E-state index in [0.717, 1.165) is 18.7 Å². The van der Waals surface area contributed by atoms with Crippen molar-refractivity contribution in [3.63, 3.8) is 0 Å². The third-order valence-corrected chi connectivity index (χ3v) is 3.56. The molecule has 2 atom stereocenters. The fraction of sp³-hybridized carbons (Fsp3) is 0.727. The van der Waals surface area contributed by atoms with Gasteiger partial charge in [-0.1, -0.05) is 13.8 Å². The first kappa shape index (κ1) is 10.6. The van der Waals surface area contributed by atoms with Crippen LogP contribution >= 0.6 is 0 Å². The smallest absolute Gasteiger partial charge is 0.0652 e. The predicted octanol–water partition coefficient (Wildman–Crippen LogP) is 1.31. The molecule has 0 aliphatic heterocycles. The van der Waals surface area contributed by atoms with Crippen molar-refractivity contribution in [3.05, 3.63) is 18.0 Å². The Morgan fingerprint density at radius 1 is 1.67 bits per heavy atom. The zero-order valence-corrected chi connectivity index (χ0v) is 9.58. The van der Waals surface area contributed by atoms with Crippen molar-refractivity contribution in [2.75, 3.05) is 7.11 Å². The molecule has 84 valence electrons. The van der Waals surface area contributed by atoms with Crippen molar-refractivity contribution in [2.24, 2.45) is 5.41 Å². The van der Waals surface area contributed by atoms with Gasteiger partial charge in [0.15, 0.2) is 0 Å². The average molecular weight is 209 g/mol. The van der Waals surface area contributed by atoms with Crippen LogP contribution in [0.15, 0.2) is 12.3 Å². The van der Waals surface area contributed by atoms with E-state index in [1.54, 1.807) is 13.3 Å². The van der Waals surface area contributed by atoms with Crippen molar-refractivity contribution in [3.8, 4) is 0 Å². The summed E-state index contributed by atoms with van der Waals surface area (Å²) in [5.41, 5.74) is 1.36. The van der Waals surface area contributed by atoms with Crippen molar-refractivity contribution < 1.29 is 4.74 Å². The van der Waals surface area contributed by atoms with Gasteiger partial charge in [0.05, 0.1) is 6.10 Å². The molecule has 4 nitrogen and oxygen atoms in total. The highest BCUT2D eigenvalue weighted by molar-refractivity contribution is 5.04. The van der Waals surface area contributed by atoms with Gasteiger partial charge in [-0.2, -0.15) is 5.10 Å². The molecule has 1 heterocycles. The van der Waals surface area contributed by atoms with Crippen LogP contribution in [0.25, 0.3) is 0 Å². The van der Waals surface area contributed by atoms with Crippen LogP contribution < -0.4 is 5.32 Å². The van der Waals surface area contributed by atoms with E-state index in [9.17, 15) is 0 Å². The van der Waals surface area contributed by atoms with Crippen LogP contribution in [0.3, 0.4) is 0 Å². The van der Waals surface area contributed by atoms with E-state index >= 15 is 0 Å². The van der Waals surface area contributed by atoms with Gasteiger partial charge < -0.3 is 10.1 Å². The van der Waals surface area contributed by atoms with E-state index in [0.29, 0.717) is 12.1 Å². The Labute approximate surface area is 90.4 Å². The minimum Gasteiger partial charge on any atom is -0.381 e. The molecular formula is C11H19N3O. The zero-order chi connectivity index (χ0) is 10.9. The Balaban J connectivity index is 1.83. The summed E-state index contributed by atoms with van der Waals surface area (Å²) >= 11 is 0. The maximum atomic E-state index is 5.41. The second-order valence-electron chi connectivity index (χ2n) is 4.80. The molecule has 1 aromatic rings. The highest BCUT2D eigenvalue weighted by atomic mass is 16.5. The lowest BCUT2D eigenvalue weighted by molar-refractivity contribution is -0.0979. The van der Waals surface area contributed by atoms with Gasteiger partial charge in [-0.05, 0) is 12.5 Å². The highest BCUT2D eigenvalue weighted by Crippen LogP contribution is 2.42. The molecule has 4 heteroatoms. The molecule has 0 amide bonds. The monoisotopic (exact) mass is 209 g/mol. The van der Waals surface area contributed by atoms with Gasteiger partial charge in [0.1, 0.15) is 0 Å². The first-order valence-corrected chi connectivity index (χ1v) is 5.39. The number of nitrogens with one attached hydrogen (secondary N) is 2. The van der Waals surface area contributed by atoms with Crippen LogP contribution in [0.2, 0.25) is 0 Å². The Bertz CT molecular complexity index is 308. The second-order valence-corrected chi connectivity index (χ2v) is 4.80. The average Bonchev–Trinajstić information content (AvgIpc) is 2.69. The zero-order valence-electron chi connectivity index (χ0n) is 9.58. The van der Waals surface area contributed by atoms with Crippen LogP contribution in [0, 0.1) is 5.41 Å². The number of methoxy groups -OCH3 is 1. The van der Waals surface area contributed by atoms with E-state index in [4.69, 9.17) is 4.74 Å². The summed E-state index contributed by atoms with van der Waals surface area (Å²) in [4.78, 5) is 0. The van der Waals surface area contributed by atoms with Crippen LogP contribution in [-0.2, 0) is 11.3 Å². The maximum Gasteiger partial charge on any atom is 0.0652 e. The third-order valence-electron chi connectivity index (χ3n) is 3.56. The van der Waals surface area contributed by atoms with E-state index in [2.05, 4.69) is 29.4 Å². The molecular weight excluding hydrogens is 190 g/mol. The fourth-order valence-electron chi connectivity index (χ4n) is 2.25. The number of rotatable bonds is 4. The van der Waals surface area contributed by atoms with Gasteiger partial charge >= 0.3 is 0 Å². The molecule has 1 fully saturated rings. The Morgan fingerprint density at radius 2 is 2.47 bits per heavy atom. The van der Waals surface area contributed by atoms with Crippen LogP contribution in [0.4, 0.5) is 0 Å². The quantitative estimate of drug-likeness (QED) is 0.786. The molecule has 1 aliphatic carbocycles. The summed E-state index contributed by atoms with van der Waals surface area (Å²) in [5.74, 6) is 0. The van der Waals surface area contributed by atoms with E-state index in [-0.39, 0.29) is 5.41 Å². The van der Waals surface area contributed by atoms with Gasteiger partial charge in [-0.15, -0.1) is 0 Å². The largest absolute Gasteiger partial charge is 0.381 e. The Hall–Kier alpha value is -0.870. The van der Waals surface area contributed by atoms with Gasteiger partial charge in [0.25, 0.3) is 0 Å². The molecule has 2 rings (SSSR count). The minimum atomic E-state index is 0.231. The fourth-order valence-corrected chi connectivity index (χ4v) is 2.25. The summed E-state index contributed by atoms with van der Waals surface area (Å²) in [7, 11) is 1.79. The normalized spacial score (nSPS) is 28.7. The summed E-state index contributed by atoms with van der Waals surface area (Å²) in [6, 6.07) is 2.53. The van der Waals surface area contributed by atoms with Gasteiger partial charge in [-0.25, -0.2) is 0 Å². The van der Waals surface area contributed by atoms with Crippen molar-refractivity contribution in [1.82, 2.24) is 15.5 Å². The second kappa shape index (κ2) is 3.94. The first-order valence-electron chi connectivity index (χ1n) is 5.39. The molecule has 0 spiro atoms. The molecule has 2 unspecified atom stereocenters. The molecule has 0 radical (unpaired) electrons. The highest BCUT2D eigenvalue weighted by Gasteiger charge is 2.48. The van der Waals surface area contributed by atoms with Crippen LogP contribution in [0.5, 0.6) is 0 Å². The van der Waals surface area contributed by atoms with E-state index < -0.39 is 0 Å². The molecule has 0 saturated heterocycles. The molecule has 15 heavy (non-hydrogen) atoms. The van der Waals surface area contributed by atoms with Gasteiger partial charge in [0.2, 0.25) is 0 Å². The first-order chi connectivity index (χ1) is 7.14. The third kappa shape index (κ3) is 1.92. The lowest BCUT2D eigenvalue weighted by Crippen LogP contribution is -2.60. The van der Waals surface area contributed by atoms with Crippen molar-refractivity contribution >= 4 is 0 Å². The number of aromatic amines is 1. The maximum absolute atomic E-state index is 5.41. The van der Waals surface area contributed by atoms with E-state index in [1.807, 2.05) is 6.07 Å². The standard InChI is InChI=1S/C11H19N3O/c1-11(2)9(6-10(11)15-3)12-7-8-4-5-13-14-8/h4-5,9-10,12H,6-7H2,1-3H3,(H,13,14). The van der Waals surface area contributed by atoms with Crippen LogP contribution in [-0.4, -0.2) is 29.5 Å². The Kier molecular flexibility index (Phi) is 2.80. The minimum absolute atomic E-state index is 0.231. The lowest BCUT2D eigenvalue weighted by Gasteiger charge is -2.51. The molecule has 1 aromatic heterocycles. The molecule has 1 saturated carbocycles. The lowest BCUT2D eigenvalue weighted by atomic mass is 9.64. The SMILES string of the molecule is COC1CC(NCc2ccn[nH]2)C1(C)C. The summed E-state index contributed by atoms with van der Waals surface area (Å²) < 4.78 is 5.41. The van der Waals surface area contributed by atoms with Gasteiger partial charge in [0, 0.05) is 37.0 Å². The van der Waals surface area contributed by atoms with Gasteiger partial charge in [-0.3, -0.25) is 5.10 Å². The molecule has 1 aliphatic rings. The van der Waals surface area contributed by atoms with Crippen LogP contribution in [0.1, 0.15) is 26.0 Å². The number of hydrogen-bond acceptors (Lipinski definition) is 3. The Morgan fingerprint density at radius 3 is 3.00 bits per heavy atom. The number of aromatic nitrogens is 2. The summed E-state index contributed by atoms with van der Waals surface area (Å²) in [6.45, 7) is 5.34. The number of nitrogens with zero attached hydrogens (tertiary/aromatic N) is 1. The molecule has 0 bridgehead atoms.